The fraction of sp³-hybridized carbons (Fsp3) is 1.00. The number of rotatable bonds is 1. The summed E-state index contributed by atoms with van der Waals surface area (Å²) in [6.07, 6.45) is 14.7. The van der Waals surface area contributed by atoms with Gasteiger partial charge in [0.15, 0.2) is 0 Å². The summed E-state index contributed by atoms with van der Waals surface area (Å²) in [6.45, 7) is 21.2. The van der Waals surface area contributed by atoms with Crippen molar-refractivity contribution in [3.63, 3.8) is 0 Å². The number of ether oxygens (including phenoxy) is 1. The van der Waals surface area contributed by atoms with Crippen LogP contribution in [0.25, 0.3) is 0 Å². The molecule has 34 heavy (non-hydrogen) atoms. The SMILES string of the molecule is CCC1(O)CC[C@@]2(C)C(CC[C@]3(C)C2CCC2C4C5OCC4(CCC5(C)C)CC[C@@]23C)C1(C)C. The van der Waals surface area contributed by atoms with E-state index in [0.717, 1.165) is 37.2 Å². The van der Waals surface area contributed by atoms with Gasteiger partial charge in [0.25, 0.3) is 0 Å². The molecule has 6 fully saturated rings. The van der Waals surface area contributed by atoms with Gasteiger partial charge in [-0.25, -0.2) is 0 Å². The summed E-state index contributed by atoms with van der Waals surface area (Å²) in [5.41, 5.74) is 1.55. The molecule has 2 bridgehead atoms. The van der Waals surface area contributed by atoms with Gasteiger partial charge in [-0.2, -0.15) is 0 Å². The first-order valence-electron chi connectivity index (χ1n) is 15.0. The van der Waals surface area contributed by atoms with Gasteiger partial charge in [0, 0.05) is 0 Å². The molecule has 6 rings (SSSR count). The molecule has 1 heterocycles. The van der Waals surface area contributed by atoms with Crippen molar-refractivity contribution in [2.24, 2.45) is 56.2 Å². The van der Waals surface area contributed by atoms with Gasteiger partial charge in [0.2, 0.25) is 0 Å². The topological polar surface area (TPSA) is 29.5 Å². The lowest BCUT2D eigenvalue weighted by atomic mass is 9.31. The number of fused-ring (bicyclic) bond motifs is 5. The Labute approximate surface area is 210 Å². The van der Waals surface area contributed by atoms with E-state index in [9.17, 15) is 5.11 Å². The van der Waals surface area contributed by atoms with Crippen LogP contribution in [0.15, 0.2) is 0 Å². The third-order valence-electron chi connectivity index (χ3n) is 15.1. The van der Waals surface area contributed by atoms with Gasteiger partial charge in [0.1, 0.15) is 0 Å². The molecule has 0 aromatic rings. The van der Waals surface area contributed by atoms with Crippen molar-refractivity contribution in [3.8, 4) is 0 Å². The number of hydrogen-bond donors (Lipinski definition) is 1. The first-order valence-corrected chi connectivity index (χ1v) is 15.0. The van der Waals surface area contributed by atoms with Crippen molar-refractivity contribution in [2.45, 2.75) is 138 Å². The summed E-state index contributed by atoms with van der Waals surface area (Å²) in [6, 6.07) is 0. The molecule has 1 aliphatic heterocycles. The maximum atomic E-state index is 11.7. The fourth-order valence-electron chi connectivity index (χ4n) is 12.6. The molecule has 0 spiro atoms. The summed E-state index contributed by atoms with van der Waals surface area (Å²) < 4.78 is 6.73. The molecule has 1 saturated heterocycles. The fourth-order valence-corrected chi connectivity index (χ4v) is 12.6. The molecule has 2 nitrogen and oxygen atoms in total. The standard InChI is InChI=1S/C32H54O2/c1-9-32(33)19-15-28(6)22(27(32,4)5)12-13-30(8)23(28)11-10-21-24-25-26(2,3)14-17-31(24,20-34-25)18-16-29(21,30)7/h21-25,33H,9-20H2,1-8H3/t21?,22?,23?,24?,25?,28-,29-,30+,31?,32?/m0/s1. The molecule has 0 aromatic heterocycles. The van der Waals surface area contributed by atoms with E-state index in [-0.39, 0.29) is 5.41 Å². The maximum absolute atomic E-state index is 11.7. The van der Waals surface area contributed by atoms with Gasteiger partial charge >= 0.3 is 0 Å². The molecule has 6 aliphatic rings. The third kappa shape index (κ3) is 2.57. The monoisotopic (exact) mass is 470 g/mol. The third-order valence-corrected chi connectivity index (χ3v) is 15.1. The van der Waals surface area contributed by atoms with E-state index < -0.39 is 5.60 Å². The Morgan fingerprint density at radius 3 is 2.15 bits per heavy atom. The summed E-state index contributed by atoms with van der Waals surface area (Å²) in [7, 11) is 0. The van der Waals surface area contributed by atoms with Crippen molar-refractivity contribution in [3.05, 3.63) is 0 Å². The molecule has 1 N–H and O–H groups in total. The van der Waals surface area contributed by atoms with Gasteiger partial charge in [-0.3, -0.25) is 0 Å². The maximum Gasteiger partial charge on any atom is 0.0698 e. The second kappa shape index (κ2) is 6.86. The van der Waals surface area contributed by atoms with Gasteiger partial charge < -0.3 is 9.84 Å². The van der Waals surface area contributed by atoms with Crippen LogP contribution in [0.3, 0.4) is 0 Å². The van der Waals surface area contributed by atoms with Crippen LogP contribution in [-0.2, 0) is 4.74 Å². The summed E-state index contributed by atoms with van der Waals surface area (Å²) in [4.78, 5) is 0. The zero-order chi connectivity index (χ0) is 24.6. The van der Waals surface area contributed by atoms with E-state index in [4.69, 9.17) is 4.74 Å². The van der Waals surface area contributed by atoms with Crippen molar-refractivity contribution in [1.29, 1.82) is 0 Å². The van der Waals surface area contributed by atoms with Crippen LogP contribution < -0.4 is 0 Å². The first-order chi connectivity index (χ1) is 15.7. The van der Waals surface area contributed by atoms with E-state index in [1.807, 2.05) is 0 Å². The van der Waals surface area contributed by atoms with Crippen LogP contribution in [-0.4, -0.2) is 23.4 Å². The van der Waals surface area contributed by atoms with E-state index in [2.05, 4.69) is 55.4 Å². The molecule has 0 aromatic carbocycles. The molecule has 0 radical (unpaired) electrons. The van der Waals surface area contributed by atoms with Crippen LogP contribution in [0.5, 0.6) is 0 Å². The van der Waals surface area contributed by atoms with E-state index in [1.54, 1.807) is 0 Å². The minimum Gasteiger partial charge on any atom is -0.389 e. The minimum absolute atomic E-state index is 0.00476. The molecular formula is C32H54O2. The highest BCUT2D eigenvalue weighted by molar-refractivity contribution is 5.22. The van der Waals surface area contributed by atoms with E-state index in [1.165, 1.54) is 57.8 Å². The second-order valence-corrected chi connectivity index (χ2v) is 16.4. The van der Waals surface area contributed by atoms with E-state index in [0.29, 0.717) is 39.1 Å². The Morgan fingerprint density at radius 1 is 0.735 bits per heavy atom. The van der Waals surface area contributed by atoms with Gasteiger partial charge in [-0.15, -0.1) is 0 Å². The molecular weight excluding hydrogens is 416 g/mol. The Morgan fingerprint density at radius 2 is 1.44 bits per heavy atom. The Balaban J connectivity index is 1.38. The van der Waals surface area contributed by atoms with Gasteiger partial charge in [-0.05, 0) is 127 Å². The Kier molecular flexibility index (Phi) is 4.90. The van der Waals surface area contributed by atoms with Gasteiger partial charge in [0.05, 0.1) is 18.3 Å². The second-order valence-electron chi connectivity index (χ2n) is 16.4. The van der Waals surface area contributed by atoms with Crippen molar-refractivity contribution in [2.75, 3.05) is 6.61 Å². The first kappa shape index (κ1) is 24.3. The van der Waals surface area contributed by atoms with Crippen LogP contribution in [0.1, 0.15) is 126 Å². The quantitative estimate of drug-likeness (QED) is 0.420. The summed E-state index contributed by atoms with van der Waals surface area (Å²) in [5.74, 6) is 3.05. The molecule has 0 amide bonds. The van der Waals surface area contributed by atoms with Crippen LogP contribution in [0, 0.1) is 56.2 Å². The smallest absolute Gasteiger partial charge is 0.0698 e. The molecule has 2 heteroatoms. The zero-order valence-electron chi connectivity index (χ0n) is 23.7. The average Bonchev–Trinajstić information content (AvgIpc) is 3.11. The average molecular weight is 471 g/mol. The lowest BCUT2D eigenvalue weighted by Gasteiger charge is -2.74. The van der Waals surface area contributed by atoms with Gasteiger partial charge in [-0.1, -0.05) is 55.4 Å². The Hall–Kier alpha value is -0.0800. The largest absolute Gasteiger partial charge is 0.389 e. The Bertz CT molecular complexity index is 861. The van der Waals surface area contributed by atoms with Crippen LogP contribution >= 0.6 is 0 Å². The van der Waals surface area contributed by atoms with Crippen LogP contribution in [0.4, 0.5) is 0 Å². The lowest BCUT2D eigenvalue weighted by Crippen LogP contribution is -2.69. The molecule has 7 unspecified atom stereocenters. The summed E-state index contributed by atoms with van der Waals surface area (Å²) >= 11 is 0. The summed E-state index contributed by atoms with van der Waals surface area (Å²) in [5, 5.41) is 11.7. The predicted octanol–water partition coefficient (Wildman–Crippen LogP) is 8.02. The normalized spacial score (nSPS) is 59.4. The lowest BCUT2D eigenvalue weighted by molar-refractivity contribution is -0.268. The molecule has 10 atom stereocenters. The minimum atomic E-state index is -0.493. The number of hydrogen-bond acceptors (Lipinski definition) is 2. The molecule has 5 saturated carbocycles. The number of aliphatic hydroxyl groups is 1. The highest BCUT2D eigenvalue weighted by Crippen LogP contribution is 2.78. The zero-order valence-corrected chi connectivity index (χ0v) is 23.7. The highest BCUT2D eigenvalue weighted by Gasteiger charge is 2.73. The van der Waals surface area contributed by atoms with E-state index >= 15 is 0 Å². The van der Waals surface area contributed by atoms with Crippen molar-refractivity contribution >= 4 is 0 Å². The molecule has 5 aliphatic carbocycles. The van der Waals surface area contributed by atoms with Crippen molar-refractivity contribution in [1.82, 2.24) is 0 Å². The predicted molar refractivity (Wildman–Crippen MR) is 139 cm³/mol. The highest BCUT2D eigenvalue weighted by atomic mass is 16.5. The molecule has 194 valence electrons. The van der Waals surface area contributed by atoms with Crippen molar-refractivity contribution < 1.29 is 9.84 Å². The van der Waals surface area contributed by atoms with Crippen LogP contribution in [0.2, 0.25) is 0 Å².